The number of nitro benzene ring substituents is 1. The summed E-state index contributed by atoms with van der Waals surface area (Å²) in [5.41, 5.74) is 1.07. The fourth-order valence-corrected chi connectivity index (χ4v) is 2.03. The van der Waals surface area contributed by atoms with E-state index >= 15 is 0 Å². The second-order valence-electron chi connectivity index (χ2n) is 4.04. The molecular formula is C14H13BrN2O3. The first-order valence-electron chi connectivity index (χ1n) is 6.02. The summed E-state index contributed by atoms with van der Waals surface area (Å²) in [6, 6.07) is 13.9. The fraction of sp³-hybridized carbons (Fsp3) is 0.143. The molecule has 0 aliphatic heterocycles. The molecule has 6 heteroatoms. The molecule has 0 aromatic heterocycles. The molecule has 2 rings (SSSR count). The lowest BCUT2D eigenvalue weighted by molar-refractivity contribution is -0.384. The SMILES string of the molecule is O=[N+]([O-])c1ccc(OCCNc2cccc(Br)c2)cc1. The zero-order chi connectivity index (χ0) is 14.4. The van der Waals surface area contributed by atoms with Gasteiger partial charge in [0.1, 0.15) is 12.4 Å². The summed E-state index contributed by atoms with van der Waals surface area (Å²) in [7, 11) is 0. The summed E-state index contributed by atoms with van der Waals surface area (Å²) in [5.74, 6) is 0.617. The molecule has 0 spiro atoms. The average Bonchev–Trinajstić information content (AvgIpc) is 2.44. The van der Waals surface area contributed by atoms with Crippen LogP contribution in [-0.4, -0.2) is 18.1 Å². The highest BCUT2D eigenvalue weighted by Gasteiger charge is 2.03. The molecule has 20 heavy (non-hydrogen) atoms. The smallest absolute Gasteiger partial charge is 0.269 e. The number of nitrogens with one attached hydrogen (secondary N) is 1. The van der Waals surface area contributed by atoms with Gasteiger partial charge < -0.3 is 10.1 Å². The molecule has 2 aromatic rings. The summed E-state index contributed by atoms with van der Waals surface area (Å²) in [6.45, 7) is 1.12. The third-order valence-electron chi connectivity index (χ3n) is 2.57. The van der Waals surface area contributed by atoms with E-state index in [0.717, 1.165) is 10.2 Å². The van der Waals surface area contributed by atoms with Crippen molar-refractivity contribution < 1.29 is 9.66 Å². The Hall–Kier alpha value is -2.08. The van der Waals surface area contributed by atoms with Gasteiger partial charge in [-0.3, -0.25) is 10.1 Å². The van der Waals surface area contributed by atoms with E-state index in [0.29, 0.717) is 18.9 Å². The van der Waals surface area contributed by atoms with Crippen LogP contribution < -0.4 is 10.1 Å². The lowest BCUT2D eigenvalue weighted by atomic mass is 10.3. The highest BCUT2D eigenvalue weighted by Crippen LogP contribution is 2.17. The van der Waals surface area contributed by atoms with Gasteiger partial charge in [-0.25, -0.2) is 0 Å². The molecule has 0 amide bonds. The third kappa shape index (κ3) is 4.24. The molecule has 2 aromatic carbocycles. The number of halogens is 1. The molecule has 0 fully saturated rings. The Kier molecular flexibility index (Phi) is 4.95. The Balaban J connectivity index is 1.77. The topological polar surface area (TPSA) is 64.4 Å². The van der Waals surface area contributed by atoms with Gasteiger partial charge in [0.2, 0.25) is 0 Å². The van der Waals surface area contributed by atoms with Gasteiger partial charge >= 0.3 is 0 Å². The maximum Gasteiger partial charge on any atom is 0.269 e. The number of ether oxygens (including phenoxy) is 1. The van der Waals surface area contributed by atoms with Crippen molar-refractivity contribution in [1.82, 2.24) is 0 Å². The zero-order valence-corrected chi connectivity index (χ0v) is 12.2. The summed E-state index contributed by atoms with van der Waals surface area (Å²) < 4.78 is 6.51. The molecule has 104 valence electrons. The first kappa shape index (κ1) is 14.3. The molecule has 0 unspecified atom stereocenters. The van der Waals surface area contributed by atoms with Gasteiger partial charge in [0.15, 0.2) is 0 Å². The van der Waals surface area contributed by atoms with Gasteiger partial charge in [-0.1, -0.05) is 22.0 Å². The Bertz CT molecular complexity index is 587. The summed E-state index contributed by atoms with van der Waals surface area (Å²) in [6.07, 6.45) is 0. The van der Waals surface area contributed by atoms with E-state index in [1.807, 2.05) is 24.3 Å². The number of anilines is 1. The first-order chi connectivity index (χ1) is 9.65. The molecule has 0 saturated heterocycles. The standard InChI is InChI=1S/C14H13BrN2O3/c15-11-2-1-3-12(10-11)16-8-9-20-14-6-4-13(5-7-14)17(18)19/h1-7,10,16H,8-9H2. The molecule has 0 aliphatic rings. The molecule has 1 N–H and O–H groups in total. The zero-order valence-electron chi connectivity index (χ0n) is 10.6. The predicted octanol–water partition coefficient (Wildman–Crippen LogP) is 3.85. The van der Waals surface area contributed by atoms with Gasteiger partial charge in [0, 0.05) is 28.8 Å². The van der Waals surface area contributed by atoms with E-state index in [2.05, 4.69) is 21.2 Å². The van der Waals surface area contributed by atoms with Gasteiger partial charge in [-0.2, -0.15) is 0 Å². The van der Waals surface area contributed by atoms with Crippen LogP contribution >= 0.6 is 15.9 Å². The summed E-state index contributed by atoms with van der Waals surface area (Å²) >= 11 is 3.40. The predicted molar refractivity (Wildman–Crippen MR) is 81.2 cm³/mol. The normalized spacial score (nSPS) is 10.1. The molecular weight excluding hydrogens is 324 g/mol. The quantitative estimate of drug-likeness (QED) is 0.494. The number of non-ortho nitro benzene ring substituents is 1. The number of hydrogen-bond donors (Lipinski definition) is 1. The molecule has 0 atom stereocenters. The van der Waals surface area contributed by atoms with Gasteiger partial charge in [0.05, 0.1) is 4.92 Å². The second-order valence-corrected chi connectivity index (χ2v) is 4.95. The van der Waals surface area contributed by atoms with Crippen LogP contribution in [0.2, 0.25) is 0 Å². The van der Waals surface area contributed by atoms with Crippen molar-refractivity contribution in [3.8, 4) is 5.75 Å². The van der Waals surface area contributed by atoms with Crippen LogP contribution in [-0.2, 0) is 0 Å². The fourth-order valence-electron chi connectivity index (χ4n) is 1.63. The van der Waals surface area contributed by atoms with E-state index in [4.69, 9.17) is 4.74 Å². The number of nitro groups is 1. The molecule has 0 heterocycles. The van der Waals surface area contributed by atoms with Gasteiger partial charge in [-0.15, -0.1) is 0 Å². The van der Waals surface area contributed by atoms with Crippen molar-refractivity contribution in [2.75, 3.05) is 18.5 Å². The lowest BCUT2D eigenvalue weighted by Crippen LogP contribution is -2.11. The van der Waals surface area contributed by atoms with E-state index in [1.165, 1.54) is 12.1 Å². The van der Waals surface area contributed by atoms with Crippen LogP contribution in [0.25, 0.3) is 0 Å². The van der Waals surface area contributed by atoms with Gasteiger partial charge in [0.25, 0.3) is 5.69 Å². The largest absolute Gasteiger partial charge is 0.492 e. The Morgan fingerprint density at radius 3 is 2.60 bits per heavy atom. The van der Waals surface area contributed by atoms with Crippen LogP contribution in [0.15, 0.2) is 53.0 Å². The number of benzene rings is 2. The minimum Gasteiger partial charge on any atom is -0.492 e. The first-order valence-corrected chi connectivity index (χ1v) is 6.81. The van der Waals surface area contributed by atoms with E-state index in [9.17, 15) is 10.1 Å². The van der Waals surface area contributed by atoms with Crippen molar-refractivity contribution >= 4 is 27.3 Å². The second kappa shape index (κ2) is 6.91. The Morgan fingerprint density at radius 1 is 1.20 bits per heavy atom. The highest BCUT2D eigenvalue weighted by molar-refractivity contribution is 9.10. The highest BCUT2D eigenvalue weighted by atomic mass is 79.9. The molecule has 0 bridgehead atoms. The average molecular weight is 337 g/mol. The van der Waals surface area contributed by atoms with Crippen molar-refractivity contribution in [3.05, 3.63) is 63.1 Å². The van der Waals surface area contributed by atoms with Crippen LogP contribution in [0.3, 0.4) is 0 Å². The van der Waals surface area contributed by atoms with E-state index < -0.39 is 4.92 Å². The molecule has 5 nitrogen and oxygen atoms in total. The van der Waals surface area contributed by atoms with Crippen LogP contribution in [0.1, 0.15) is 0 Å². The van der Waals surface area contributed by atoms with Crippen LogP contribution in [0.4, 0.5) is 11.4 Å². The maximum atomic E-state index is 10.5. The van der Waals surface area contributed by atoms with Crippen molar-refractivity contribution in [3.63, 3.8) is 0 Å². The number of nitrogens with zero attached hydrogens (tertiary/aromatic N) is 1. The minimum atomic E-state index is -0.432. The maximum absolute atomic E-state index is 10.5. The van der Waals surface area contributed by atoms with Crippen LogP contribution in [0.5, 0.6) is 5.75 Å². The third-order valence-corrected chi connectivity index (χ3v) is 3.07. The Morgan fingerprint density at radius 2 is 1.95 bits per heavy atom. The molecule has 0 saturated carbocycles. The molecule has 0 radical (unpaired) electrons. The molecule has 0 aliphatic carbocycles. The van der Waals surface area contributed by atoms with Crippen molar-refractivity contribution in [2.45, 2.75) is 0 Å². The van der Waals surface area contributed by atoms with E-state index in [1.54, 1.807) is 12.1 Å². The van der Waals surface area contributed by atoms with Gasteiger partial charge in [-0.05, 0) is 30.3 Å². The number of hydrogen-bond acceptors (Lipinski definition) is 4. The number of rotatable bonds is 6. The summed E-state index contributed by atoms with van der Waals surface area (Å²) in [5, 5.41) is 13.7. The van der Waals surface area contributed by atoms with Crippen LogP contribution in [0, 0.1) is 10.1 Å². The van der Waals surface area contributed by atoms with E-state index in [-0.39, 0.29) is 5.69 Å². The van der Waals surface area contributed by atoms with Crippen molar-refractivity contribution in [1.29, 1.82) is 0 Å². The lowest BCUT2D eigenvalue weighted by Gasteiger charge is -2.08. The Labute approximate surface area is 124 Å². The van der Waals surface area contributed by atoms with Crippen molar-refractivity contribution in [2.24, 2.45) is 0 Å². The summed E-state index contributed by atoms with van der Waals surface area (Å²) in [4.78, 5) is 10.1. The minimum absolute atomic E-state index is 0.0598. The monoisotopic (exact) mass is 336 g/mol.